The Morgan fingerprint density at radius 1 is 1.58 bits per heavy atom. The minimum absolute atomic E-state index is 0.0205. The van der Waals surface area contributed by atoms with Crippen molar-refractivity contribution in [1.82, 2.24) is 10.2 Å². The number of halogens is 2. The fourth-order valence-corrected chi connectivity index (χ4v) is 4.20. The molecular formula is C18H19ClFN2O8P. The molecule has 3 aliphatic heterocycles. The number of benzene rings is 1. The number of nitrogens with one attached hydrogen (secondary N) is 1. The number of alkyl halides is 1. The molecule has 3 aliphatic rings. The Kier molecular flexibility index (Phi) is 4.71. The molecule has 1 aromatic carbocycles. The average molecular weight is 480 g/mol. The smallest absolute Gasteiger partial charge is 0.404 e. The summed E-state index contributed by atoms with van der Waals surface area (Å²) in [5.74, 6) is -4.88. The molecule has 10 nitrogen and oxygen atoms in total. The second kappa shape index (κ2) is 7.86. The van der Waals surface area contributed by atoms with Crippen LogP contribution in [0.2, 0.25) is 5.02 Å². The fraction of sp³-hybridized carbons (Fsp3) is 0.389. The number of phosphoric ester groups is 1. The first-order chi connectivity index (χ1) is 15.6. The SMILES string of the molecule is [2H]C([2H])(OP1(=O)OCc2cc(Cl)ccc2O1)[C@@]1(F)O[C@@]([2H])(N2C=C(C)C(=O)NC2=C)[C@H](O)[C@@H]1O. The molecule has 3 heterocycles. The van der Waals surface area contributed by atoms with Crippen LogP contribution in [0.3, 0.4) is 0 Å². The first-order valence-electron chi connectivity index (χ1n) is 10.3. The highest BCUT2D eigenvalue weighted by atomic mass is 35.5. The number of ether oxygens (including phenoxy) is 1. The summed E-state index contributed by atoms with van der Waals surface area (Å²) < 4.78 is 73.1. The summed E-state index contributed by atoms with van der Waals surface area (Å²) in [5.41, 5.74) is 0.385. The largest absolute Gasteiger partial charge is 0.530 e. The highest BCUT2D eigenvalue weighted by Crippen LogP contribution is 2.55. The van der Waals surface area contributed by atoms with Gasteiger partial charge in [-0.15, -0.1) is 0 Å². The molecule has 1 unspecified atom stereocenters. The number of carbonyl (C=O) groups excluding carboxylic acids is 1. The molecule has 1 aromatic rings. The van der Waals surface area contributed by atoms with E-state index in [4.69, 9.17) is 34.0 Å². The second-order valence-electron chi connectivity index (χ2n) is 6.82. The standard InChI is InChI=1S/C18H19ClFN2O8P/c1-9-6-22(10(2)21-16(9)25)17-14(23)15(24)18(20,29-17)8-28-31(26)27-7-11-5-12(19)3-4-13(11)30-31/h3-6,14-15,17,23-24H,2,7-8H2,1H3,(H,21,25)/t14-,15+,17-,18-,31?/m1/s1/i8D2,17D. The lowest BCUT2D eigenvalue weighted by atomic mass is 10.1. The molecule has 1 fully saturated rings. The Hall–Kier alpha value is -1.98. The van der Waals surface area contributed by atoms with Gasteiger partial charge in [0.15, 0.2) is 6.20 Å². The minimum atomic E-state index is -4.82. The molecule has 0 bridgehead atoms. The van der Waals surface area contributed by atoms with Gasteiger partial charge in [-0.3, -0.25) is 13.8 Å². The van der Waals surface area contributed by atoms with Crippen LogP contribution in [-0.2, 0) is 29.8 Å². The zero-order valence-electron chi connectivity index (χ0n) is 18.9. The van der Waals surface area contributed by atoms with Gasteiger partial charge in [0, 0.05) is 22.4 Å². The molecule has 3 N–H and O–H groups in total. The van der Waals surface area contributed by atoms with E-state index < -0.39 is 44.6 Å². The molecule has 0 aliphatic carbocycles. The van der Waals surface area contributed by atoms with Crippen LogP contribution in [0.25, 0.3) is 0 Å². The first-order valence-corrected chi connectivity index (χ1v) is 10.6. The third kappa shape index (κ3) is 4.10. The molecular weight excluding hydrogens is 458 g/mol. The maximum atomic E-state index is 15.9. The van der Waals surface area contributed by atoms with E-state index >= 15 is 4.39 Å². The van der Waals surface area contributed by atoms with Crippen molar-refractivity contribution in [1.29, 1.82) is 0 Å². The van der Waals surface area contributed by atoms with Gasteiger partial charge in [-0.05, 0) is 25.1 Å². The van der Waals surface area contributed by atoms with E-state index in [9.17, 15) is 19.6 Å². The molecule has 13 heteroatoms. The molecule has 168 valence electrons. The molecule has 0 radical (unpaired) electrons. The van der Waals surface area contributed by atoms with Crippen LogP contribution in [0.1, 0.15) is 16.6 Å². The Labute approximate surface area is 185 Å². The van der Waals surface area contributed by atoms with Gasteiger partial charge in [0.25, 0.3) is 11.8 Å². The zero-order chi connectivity index (χ0) is 25.3. The van der Waals surface area contributed by atoms with E-state index in [1.165, 1.54) is 25.1 Å². The topological polar surface area (TPSA) is 127 Å². The van der Waals surface area contributed by atoms with Crippen LogP contribution in [0.15, 0.2) is 42.4 Å². The van der Waals surface area contributed by atoms with Crippen LogP contribution in [-0.4, -0.2) is 51.8 Å². The number of rotatable bonds is 4. The summed E-state index contributed by atoms with van der Waals surface area (Å²) in [6.45, 7) is 0.666. The highest BCUT2D eigenvalue weighted by molar-refractivity contribution is 7.49. The van der Waals surface area contributed by atoms with E-state index in [1.54, 1.807) is 0 Å². The summed E-state index contributed by atoms with van der Waals surface area (Å²) in [6, 6.07) is 4.16. The summed E-state index contributed by atoms with van der Waals surface area (Å²) in [6.07, 6.45) is -7.04. The minimum Gasteiger partial charge on any atom is -0.404 e. The van der Waals surface area contributed by atoms with Crippen LogP contribution in [0.4, 0.5) is 4.39 Å². The van der Waals surface area contributed by atoms with Crippen LogP contribution in [0, 0.1) is 0 Å². The molecule has 4 rings (SSSR count). The normalized spacial score (nSPS) is 39.6. The van der Waals surface area contributed by atoms with Crippen molar-refractivity contribution in [3.63, 3.8) is 0 Å². The van der Waals surface area contributed by atoms with E-state index in [1.807, 2.05) is 0 Å². The van der Waals surface area contributed by atoms with Crippen molar-refractivity contribution in [2.24, 2.45) is 0 Å². The van der Waals surface area contributed by atoms with Crippen molar-refractivity contribution in [2.45, 2.75) is 37.8 Å². The quantitative estimate of drug-likeness (QED) is 0.555. The molecule has 1 saturated heterocycles. The third-order valence-electron chi connectivity index (χ3n) is 4.56. The molecule has 0 spiro atoms. The fourth-order valence-electron chi connectivity index (χ4n) is 2.91. The lowest BCUT2D eigenvalue weighted by Gasteiger charge is -2.34. The number of amides is 1. The van der Waals surface area contributed by atoms with Gasteiger partial charge in [0.2, 0.25) is 0 Å². The highest BCUT2D eigenvalue weighted by Gasteiger charge is 2.58. The van der Waals surface area contributed by atoms with Gasteiger partial charge < -0.3 is 29.7 Å². The summed E-state index contributed by atoms with van der Waals surface area (Å²) in [7, 11) is -4.82. The van der Waals surface area contributed by atoms with Crippen molar-refractivity contribution >= 4 is 25.3 Å². The van der Waals surface area contributed by atoms with E-state index in [2.05, 4.69) is 11.9 Å². The molecule has 31 heavy (non-hydrogen) atoms. The van der Waals surface area contributed by atoms with Crippen LogP contribution >= 0.6 is 19.4 Å². The Morgan fingerprint density at radius 3 is 3.06 bits per heavy atom. The van der Waals surface area contributed by atoms with Crippen LogP contribution < -0.4 is 9.84 Å². The number of fused-ring (bicyclic) bond motifs is 1. The number of hydrogen-bond donors (Lipinski definition) is 3. The maximum Gasteiger partial charge on any atom is 0.530 e. The third-order valence-corrected chi connectivity index (χ3v) is 5.98. The molecule has 5 atom stereocenters. The number of aliphatic hydroxyl groups excluding tert-OH is 2. The number of aliphatic hydroxyl groups is 2. The van der Waals surface area contributed by atoms with Gasteiger partial charge in [-0.25, -0.2) is 8.96 Å². The second-order valence-corrected chi connectivity index (χ2v) is 8.77. The van der Waals surface area contributed by atoms with E-state index in [0.717, 1.165) is 6.20 Å². The maximum absolute atomic E-state index is 15.9. The zero-order valence-corrected chi connectivity index (χ0v) is 17.5. The van der Waals surface area contributed by atoms with Crippen molar-refractivity contribution in [2.75, 3.05) is 6.56 Å². The van der Waals surface area contributed by atoms with E-state index in [0.29, 0.717) is 15.5 Å². The predicted octanol–water partition coefficient (Wildman–Crippen LogP) is 1.92. The number of carbonyl (C=O) groups is 1. The molecule has 1 amide bonds. The lowest BCUT2D eigenvalue weighted by Crippen LogP contribution is -2.47. The monoisotopic (exact) mass is 479 g/mol. The Balaban J connectivity index is 1.63. The van der Waals surface area contributed by atoms with Crippen molar-refractivity contribution < 1.29 is 46.4 Å². The van der Waals surface area contributed by atoms with Gasteiger partial charge in [0.05, 0.1) is 10.7 Å². The first kappa shape index (κ1) is 18.6. The number of phosphoric acid groups is 1. The van der Waals surface area contributed by atoms with Gasteiger partial charge in [-0.2, -0.15) is 0 Å². The summed E-state index contributed by atoms with van der Waals surface area (Å²) in [5, 5.41) is 23.4. The van der Waals surface area contributed by atoms with E-state index in [-0.39, 0.29) is 23.8 Å². The Bertz CT molecular complexity index is 1160. The van der Waals surface area contributed by atoms with Crippen molar-refractivity contribution in [3.05, 3.63) is 53.0 Å². The lowest BCUT2D eigenvalue weighted by molar-refractivity contribution is -0.208. The van der Waals surface area contributed by atoms with Crippen molar-refractivity contribution in [3.8, 4) is 5.75 Å². The summed E-state index contributed by atoms with van der Waals surface area (Å²) >= 11 is 5.86. The molecule has 0 saturated carbocycles. The van der Waals surface area contributed by atoms with Crippen LogP contribution in [0.5, 0.6) is 5.75 Å². The van der Waals surface area contributed by atoms with Gasteiger partial charge >= 0.3 is 7.82 Å². The summed E-state index contributed by atoms with van der Waals surface area (Å²) in [4.78, 5) is 12.5. The average Bonchev–Trinajstić information content (AvgIpc) is 2.92. The molecule has 0 aromatic heterocycles. The van der Waals surface area contributed by atoms with Gasteiger partial charge in [0.1, 0.15) is 30.3 Å². The number of nitrogens with zero attached hydrogens (tertiary/aromatic N) is 1. The predicted molar refractivity (Wildman–Crippen MR) is 104 cm³/mol. The van der Waals surface area contributed by atoms with Gasteiger partial charge in [-0.1, -0.05) is 18.2 Å². The Morgan fingerprint density at radius 2 is 2.32 bits per heavy atom. The number of hydrogen-bond acceptors (Lipinski definition) is 9.